The van der Waals surface area contributed by atoms with Gasteiger partial charge in [-0.05, 0) is 92.7 Å². The van der Waals surface area contributed by atoms with Gasteiger partial charge < -0.3 is 32.1 Å². The van der Waals surface area contributed by atoms with E-state index in [-0.39, 0.29) is 43.0 Å². The van der Waals surface area contributed by atoms with Crippen LogP contribution in [0.15, 0.2) is 60.7 Å². The summed E-state index contributed by atoms with van der Waals surface area (Å²) in [5.74, 6) is -0.568. The number of carbonyl (C=O) groups excluding carboxylic acids is 4. The van der Waals surface area contributed by atoms with Gasteiger partial charge in [0, 0.05) is 32.0 Å². The minimum atomic E-state index is -0.868. The van der Waals surface area contributed by atoms with Crippen LogP contribution in [0.4, 0.5) is 0 Å². The molecule has 6 atom stereocenters. The topological polar surface area (TPSA) is 168 Å². The molecule has 0 bridgehead atoms. The van der Waals surface area contributed by atoms with Crippen molar-refractivity contribution < 1.29 is 24.3 Å². The molecule has 4 rings (SSSR count). The third-order valence-electron chi connectivity index (χ3n) is 10.2. The summed E-state index contributed by atoms with van der Waals surface area (Å²) in [4.78, 5) is 57.0. The molecule has 2 aliphatic rings. The van der Waals surface area contributed by atoms with Crippen LogP contribution >= 0.6 is 0 Å². The lowest BCUT2D eigenvalue weighted by molar-refractivity contribution is -0.138. The van der Waals surface area contributed by atoms with E-state index in [1.165, 1.54) is 0 Å². The normalized spacial score (nSPS) is 21.1. The molecule has 6 unspecified atom stereocenters. The average Bonchev–Trinajstić information content (AvgIpc) is 3.67. The van der Waals surface area contributed by atoms with Crippen molar-refractivity contribution in [1.29, 1.82) is 0 Å². The second-order valence-corrected chi connectivity index (χ2v) is 14.7. The molecule has 0 radical (unpaired) electrons. The van der Waals surface area contributed by atoms with Crippen LogP contribution < -0.4 is 22.1 Å². The number of rotatable bonds is 19. The van der Waals surface area contributed by atoms with E-state index in [2.05, 4.69) is 10.6 Å². The van der Waals surface area contributed by atoms with Crippen LogP contribution in [-0.2, 0) is 32.0 Å². The van der Waals surface area contributed by atoms with Crippen molar-refractivity contribution in [3.05, 3.63) is 71.8 Å². The summed E-state index contributed by atoms with van der Waals surface area (Å²) in [6, 6.07) is 16.6. The Morgan fingerprint density at radius 1 is 0.837 bits per heavy atom. The van der Waals surface area contributed by atoms with Crippen molar-refractivity contribution in [1.82, 2.24) is 15.5 Å². The smallest absolute Gasteiger partial charge is 0.245 e. The number of Topliss-reactive ketones (excluding diaryl/α,β-unsaturated/α-hetero) is 1. The highest BCUT2D eigenvalue weighted by molar-refractivity contribution is 5.95. The highest BCUT2D eigenvalue weighted by Crippen LogP contribution is 2.41. The number of hydrogen-bond acceptors (Lipinski definition) is 7. The summed E-state index contributed by atoms with van der Waals surface area (Å²) in [6.45, 7) is 5.98. The summed E-state index contributed by atoms with van der Waals surface area (Å²) in [6.07, 6.45) is 4.74. The molecule has 1 aliphatic heterocycles. The molecular formula is C39H57N5O5. The van der Waals surface area contributed by atoms with Gasteiger partial charge in [0.1, 0.15) is 6.04 Å². The maximum atomic E-state index is 14.0. The van der Waals surface area contributed by atoms with E-state index in [9.17, 15) is 24.3 Å². The predicted octanol–water partition coefficient (Wildman–Crippen LogP) is 3.00. The number of hydrogen-bond donors (Lipinski definition) is 5. The van der Waals surface area contributed by atoms with Crippen molar-refractivity contribution in [3.8, 4) is 0 Å². The van der Waals surface area contributed by atoms with E-state index in [0.717, 1.165) is 30.4 Å². The number of carbonyl (C=O) groups is 4. The van der Waals surface area contributed by atoms with E-state index in [1.54, 1.807) is 0 Å². The Labute approximate surface area is 291 Å². The number of aliphatic hydroxyl groups excluding tert-OH is 1. The molecule has 10 heteroatoms. The molecule has 1 heterocycles. The van der Waals surface area contributed by atoms with E-state index in [4.69, 9.17) is 11.5 Å². The summed E-state index contributed by atoms with van der Waals surface area (Å²) >= 11 is 0. The highest BCUT2D eigenvalue weighted by atomic mass is 16.3. The lowest BCUT2D eigenvalue weighted by atomic mass is 9.88. The molecule has 10 nitrogen and oxygen atoms in total. The molecule has 1 saturated carbocycles. The van der Waals surface area contributed by atoms with Gasteiger partial charge in [-0.25, -0.2) is 0 Å². The zero-order valence-electron chi connectivity index (χ0n) is 29.3. The van der Waals surface area contributed by atoms with E-state index in [1.807, 2.05) is 79.4 Å². The number of amides is 3. The number of fused-ring (bicyclic) bond motifs is 1. The van der Waals surface area contributed by atoms with Gasteiger partial charge in [0.2, 0.25) is 17.7 Å². The van der Waals surface area contributed by atoms with Gasteiger partial charge in [0.05, 0.1) is 12.1 Å². The monoisotopic (exact) mass is 675 g/mol. The molecule has 268 valence electrons. The van der Waals surface area contributed by atoms with Crippen molar-refractivity contribution in [2.24, 2.45) is 41.1 Å². The van der Waals surface area contributed by atoms with Crippen molar-refractivity contribution in [2.45, 2.75) is 89.8 Å². The SMILES string of the molecule is CC(C)CC(CC(=O)C(Cc1ccccc1)NC(=O)C(N)Cc1ccccc1)C(=O)NC(CCCCN)C(=O)N1CC2CC(CO)CC2C1. The molecule has 0 aromatic heterocycles. The Hall–Kier alpha value is -3.60. The number of nitrogens with two attached hydrogens (primary N) is 2. The van der Waals surface area contributed by atoms with Gasteiger partial charge in [-0.2, -0.15) is 0 Å². The standard InChI is InChI=1S/C39H57N5O5/c1-26(2)17-30(37(47)42-34(15-9-10-16-40)39(49)44-23-31-18-29(25-45)19-32(31)24-44)22-36(46)35(21-28-13-7-4-8-14-28)43-38(48)33(41)20-27-11-5-3-6-12-27/h3-8,11-14,26,29-35,45H,9-10,15-25,40-41H2,1-2H3,(H,42,47)(H,43,48). The van der Waals surface area contributed by atoms with Gasteiger partial charge in [-0.15, -0.1) is 0 Å². The Morgan fingerprint density at radius 3 is 1.96 bits per heavy atom. The molecular weight excluding hydrogens is 618 g/mol. The summed E-state index contributed by atoms with van der Waals surface area (Å²) in [5, 5.41) is 15.6. The average molecular weight is 676 g/mol. The first-order valence-corrected chi connectivity index (χ1v) is 18.1. The van der Waals surface area contributed by atoms with Crippen LogP contribution in [-0.4, -0.2) is 77.9 Å². The second-order valence-electron chi connectivity index (χ2n) is 14.7. The Bertz CT molecular complexity index is 1340. The fourth-order valence-electron chi connectivity index (χ4n) is 7.59. The van der Waals surface area contributed by atoms with E-state index >= 15 is 0 Å². The molecule has 2 fully saturated rings. The highest BCUT2D eigenvalue weighted by Gasteiger charge is 2.43. The molecule has 1 aliphatic carbocycles. The Kier molecular flexibility index (Phi) is 14.8. The van der Waals surface area contributed by atoms with E-state index < -0.39 is 30.0 Å². The van der Waals surface area contributed by atoms with Crippen LogP contribution in [0.1, 0.15) is 69.9 Å². The number of likely N-dealkylation sites (tertiary alicyclic amines) is 1. The molecule has 1 saturated heterocycles. The number of ketones is 1. The zero-order valence-corrected chi connectivity index (χ0v) is 29.3. The van der Waals surface area contributed by atoms with Gasteiger partial charge in [0.25, 0.3) is 0 Å². The summed E-state index contributed by atoms with van der Waals surface area (Å²) in [5.41, 5.74) is 13.9. The lowest BCUT2D eigenvalue weighted by Gasteiger charge is -2.28. The van der Waals surface area contributed by atoms with Gasteiger partial charge in [-0.1, -0.05) is 74.5 Å². The molecule has 0 spiro atoms. The number of benzene rings is 2. The molecule has 2 aromatic carbocycles. The van der Waals surface area contributed by atoms with E-state index in [0.29, 0.717) is 63.1 Å². The van der Waals surface area contributed by atoms with Crippen LogP contribution in [0, 0.1) is 29.6 Å². The minimum Gasteiger partial charge on any atom is -0.396 e. The van der Waals surface area contributed by atoms with Crippen molar-refractivity contribution in [2.75, 3.05) is 26.2 Å². The van der Waals surface area contributed by atoms with Gasteiger partial charge in [-0.3, -0.25) is 19.2 Å². The summed E-state index contributed by atoms with van der Waals surface area (Å²) in [7, 11) is 0. The Balaban J connectivity index is 1.46. The number of unbranched alkanes of at least 4 members (excludes halogenated alkanes) is 1. The van der Waals surface area contributed by atoms with Crippen molar-refractivity contribution >= 4 is 23.5 Å². The first-order valence-electron chi connectivity index (χ1n) is 18.1. The third kappa shape index (κ3) is 11.5. The third-order valence-corrected chi connectivity index (χ3v) is 10.2. The minimum absolute atomic E-state index is 0.0736. The number of nitrogens with one attached hydrogen (secondary N) is 2. The first kappa shape index (κ1) is 38.2. The first-order chi connectivity index (χ1) is 23.6. The number of aliphatic hydroxyl groups is 1. The quantitative estimate of drug-likeness (QED) is 0.143. The van der Waals surface area contributed by atoms with Crippen LogP contribution in [0.3, 0.4) is 0 Å². The number of nitrogens with zero attached hydrogens (tertiary/aromatic N) is 1. The van der Waals surface area contributed by atoms with Crippen LogP contribution in [0.25, 0.3) is 0 Å². The predicted molar refractivity (Wildman–Crippen MR) is 191 cm³/mol. The lowest BCUT2D eigenvalue weighted by Crippen LogP contribution is -2.52. The molecule has 49 heavy (non-hydrogen) atoms. The zero-order chi connectivity index (χ0) is 35.3. The van der Waals surface area contributed by atoms with Crippen molar-refractivity contribution in [3.63, 3.8) is 0 Å². The van der Waals surface area contributed by atoms with Crippen LogP contribution in [0.5, 0.6) is 0 Å². The van der Waals surface area contributed by atoms with Gasteiger partial charge in [0.15, 0.2) is 5.78 Å². The maximum absolute atomic E-state index is 14.0. The Morgan fingerprint density at radius 2 is 1.41 bits per heavy atom. The molecule has 7 N–H and O–H groups in total. The molecule has 3 amide bonds. The largest absolute Gasteiger partial charge is 0.396 e. The summed E-state index contributed by atoms with van der Waals surface area (Å²) < 4.78 is 0. The fourth-order valence-corrected chi connectivity index (χ4v) is 7.59. The maximum Gasteiger partial charge on any atom is 0.245 e. The van der Waals surface area contributed by atoms with Crippen LogP contribution in [0.2, 0.25) is 0 Å². The van der Waals surface area contributed by atoms with Gasteiger partial charge >= 0.3 is 0 Å². The molecule has 2 aromatic rings. The fraction of sp³-hybridized carbons (Fsp3) is 0.590. The second kappa shape index (κ2) is 19.0.